The van der Waals surface area contributed by atoms with Crippen molar-refractivity contribution in [1.82, 2.24) is 5.32 Å². The van der Waals surface area contributed by atoms with Gasteiger partial charge in [0, 0.05) is 5.56 Å². The van der Waals surface area contributed by atoms with Gasteiger partial charge in [-0.15, -0.1) is 0 Å². The highest BCUT2D eigenvalue weighted by Crippen LogP contribution is 2.11. The zero-order valence-electron chi connectivity index (χ0n) is 12.6. The minimum atomic E-state index is -1.02. The first kappa shape index (κ1) is 17.7. The summed E-state index contributed by atoms with van der Waals surface area (Å²) in [6.45, 7) is 2.11. The van der Waals surface area contributed by atoms with Gasteiger partial charge in [-0.3, -0.25) is 9.59 Å². The molecule has 1 atom stereocenters. The summed E-state index contributed by atoms with van der Waals surface area (Å²) in [6.07, 6.45) is 2.85. The fourth-order valence-electron chi connectivity index (χ4n) is 1.84. The SMILES string of the molecule is CCCCC(NC(=O)CCOc1ccc(C=O)cc1)C(=O)O. The monoisotopic (exact) mass is 307 g/mol. The molecule has 2 N–H and O–H groups in total. The molecule has 0 radical (unpaired) electrons. The first-order valence-electron chi connectivity index (χ1n) is 7.27. The third kappa shape index (κ3) is 6.39. The van der Waals surface area contributed by atoms with Gasteiger partial charge in [-0.05, 0) is 30.7 Å². The Kier molecular flexibility index (Phi) is 7.67. The number of rotatable bonds is 10. The number of hydrogen-bond acceptors (Lipinski definition) is 4. The zero-order valence-corrected chi connectivity index (χ0v) is 12.6. The van der Waals surface area contributed by atoms with Crippen molar-refractivity contribution in [3.8, 4) is 5.75 Å². The molecule has 1 aromatic rings. The van der Waals surface area contributed by atoms with Crippen LogP contribution in [0.15, 0.2) is 24.3 Å². The first-order chi connectivity index (χ1) is 10.6. The maximum absolute atomic E-state index is 11.7. The Morgan fingerprint density at radius 2 is 2.00 bits per heavy atom. The Labute approximate surface area is 129 Å². The van der Waals surface area contributed by atoms with E-state index in [2.05, 4.69) is 5.32 Å². The maximum Gasteiger partial charge on any atom is 0.326 e. The average Bonchev–Trinajstić information content (AvgIpc) is 2.51. The Morgan fingerprint density at radius 1 is 1.32 bits per heavy atom. The van der Waals surface area contributed by atoms with Crippen LogP contribution in [0.3, 0.4) is 0 Å². The summed E-state index contributed by atoms with van der Waals surface area (Å²) in [6, 6.07) is 5.67. The van der Waals surface area contributed by atoms with Gasteiger partial charge in [-0.25, -0.2) is 4.79 Å². The van der Waals surface area contributed by atoms with Crippen LogP contribution in [0.4, 0.5) is 0 Å². The van der Waals surface area contributed by atoms with E-state index in [1.165, 1.54) is 0 Å². The summed E-state index contributed by atoms with van der Waals surface area (Å²) >= 11 is 0. The van der Waals surface area contributed by atoms with Crippen molar-refractivity contribution in [2.75, 3.05) is 6.61 Å². The largest absolute Gasteiger partial charge is 0.493 e. The van der Waals surface area contributed by atoms with E-state index in [1.54, 1.807) is 24.3 Å². The van der Waals surface area contributed by atoms with E-state index >= 15 is 0 Å². The molecule has 6 nitrogen and oxygen atoms in total. The smallest absolute Gasteiger partial charge is 0.326 e. The van der Waals surface area contributed by atoms with Gasteiger partial charge >= 0.3 is 5.97 Å². The van der Waals surface area contributed by atoms with Gasteiger partial charge in [-0.1, -0.05) is 19.8 Å². The predicted molar refractivity (Wildman–Crippen MR) is 81.0 cm³/mol. The quantitative estimate of drug-likeness (QED) is 0.645. The minimum absolute atomic E-state index is 0.0747. The lowest BCUT2D eigenvalue weighted by molar-refractivity contribution is -0.142. The summed E-state index contributed by atoms with van der Waals surface area (Å²) in [5.41, 5.74) is 0.547. The molecule has 0 spiro atoms. The number of carbonyl (C=O) groups excluding carboxylic acids is 2. The second kappa shape index (κ2) is 9.55. The van der Waals surface area contributed by atoms with E-state index in [4.69, 9.17) is 9.84 Å². The summed E-state index contributed by atoms with van der Waals surface area (Å²) in [7, 11) is 0. The lowest BCUT2D eigenvalue weighted by Gasteiger charge is -2.14. The van der Waals surface area contributed by atoms with Crippen molar-refractivity contribution in [3.63, 3.8) is 0 Å². The van der Waals surface area contributed by atoms with Crippen molar-refractivity contribution in [2.45, 2.75) is 38.6 Å². The molecule has 1 unspecified atom stereocenters. The molecular weight excluding hydrogens is 286 g/mol. The molecule has 0 bridgehead atoms. The number of carbonyl (C=O) groups is 3. The Hall–Kier alpha value is -2.37. The Bertz CT molecular complexity index is 498. The van der Waals surface area contributed by atoms with Crippen molar-refractivity contribution in [1.29, 1.82) is 0 Å². The van der Waals surface area contributed by atoms with Crippen LogP contribution in [0.5, 0.6) is 5.75 Å². The standard InChI is InChI=1S/C16H21NO5/c1-2-3-4-14(16(20)21)17-15(19)9-10-22-13-7-5-12(11-18)6-8-13/h5-8,11,14H,2-4,9-10H2,1H3,(H,17,19)(H,20,21). The summed E-state index contributed by atoms with van der Waals surface area (Å²) < 4.78 is 5.38. The van der Waals surface area contributed by atoms with Crippen LogP contribution in [-0.2, 0) is 9.59 Å². The van der Waals surface area contributed by atoms with Crippen LogP contribution in [0.2, 0.25) is 0 Å². The van der Waals surface area contributed by atoms with E-state index in [0.29, 0.717) is 17.7 Å². The van der Waals surface area contributed by atoms with Crippen LogP contribution >= 0.6 is 0 Å². The molecule has 0 saturated carbocycles. The van der Waals surface area contributed by atoms with Crippen LogP contribution in [0.1, 0.15) is 43.0 Å². The number of ether oxygens (including phenoxy) is 1. The molecule has 0 aliphatic rings. The second-order valence-electron chi connectivity index (χ2n) is 4.89. The predicted octanol–water partition coefficient (Wildman–Crippen LogP) is 2.03. The second-order valence-corrected chi connectivity index (χ2v) is 4.89. The molecule has 1 amide bonds. The van der Waals surface area contributed by atoms with Gasteiger partial charge in [0.05, 0.1) is 13.0 Å². The molecule has 120 valence electrons. The number of hydrogen-bond donors (Lipinski definition) is 2. The highest BCUT2D eigenvalue weighted by atomic mass is 16.5. The number of unbranched alkanes of at least 4 members (excludes halogenated alkanes) is 1. The summed E-state index contributed by atoms with van der Waals surface area (Å²) in [5.74, 6) is -0.820. The van der Waals surface area contributed by atoms with E-state index in [-0.39, 0.29) is 18.9 Å². The molecule has 1 rings (SSSR count). The highest BCUT2D eigenvalue weighted by molar-refractivity contribution is 5.83. The number of nitrogens with one attached hydrogen (secondary N) is 1. The van der Waals surface area contributed by atoms with E-state index < -0.39 is 12.0 Å². The first-order valence-corrected chi connectivity index (χ1v) is 7.27. The van der Waals surface area contributed by atoms with Gasteiger partial charge in [0.25, 0.3) is 0 Å². The van der Waals surface area contributed by atoms with Gasteiger partial charge in [0.15, 0.2) is 0 Å². The normalized spacial score (nSPS) is 11.5. The molecule has 0 aliphatic heterocycles. The Morgan fingerprint density at radius 3 is 2.55 bits per heavy atom. The number of benzene rings is 1. The topological polar surface area (TPSA) is 92.7 Å². The third-order valence-corrected chi connectivity index (χ3v) is 3.09. The number of carboxylic acid groups (broad SMARTS) is 1. The molecule has 0 saturated heterocycles. The number of aliphatic carboxylic acids is 1. The van der Waals surface area contributed by atoms with Crippen LogP contribution < -0.4 is 10.1 Å². The Balaban J connectivity index is 2.34. The highest BCUT2D eigenvalue weighted by Gasteiger charge is 2.18. The molecule has 0 fully saturated rings. The van der Waals surface area contributed by atoms with Crippen LogP contribution in [-0.4, -0.2) is 35.9 Å². The molecule has 0 aliphatic carbocycles. The van der Waals surface area contributed by atoms with E-state index in [1.807, 2.05) is 6.92 Å². The minimum Gasteiger partial charge on any atom is -0.493 e. The molecular formula is C16H21NO5. The van der Waals surface area contributed by atoms with E-state index in [0.717, 1.165) is 19.1 Å². The van der Waals surface area contributed by atoms with Gasteiger partial charge in [-0.2, -0.15) is 0 Å². The lowest BCUT2D eigenvalue weighted by atomic mass is 10.1. The van der Waals surface area contributed by atoms with Crippen LogP contribution in [0.25, 0.3) is 0 Å². The molecule has 1 aromatic carbocycles. The maximum atomic E-state index is 11.7. The summed E-state index contributed by atoms with van der Waals surface area (Å²) in [4.78, 5) is 33.2. The fraction of sp³-hybridized carbons (Fsp3) is 0.438. The fourth-order valence-corrected chi connectivity index (χ4v) is 1.84. The van der Waals surface area contributed by atoms with Crippen molar-refractivity contribution in [2.24, 2.45) is 0 Å². The average molecular weight is 307 g/mol. The van der Waals surface area contributed by atoms with Crippen molar-refractivity contribution < 1.29 is 24.2 Å². The van der Waals surface area contributed by atoms with Gasteiger partial charge in [0.1, 0.15) is 18.1 Å². The van der Waals surface area contributed by atoms with E-state index in [9.17, 15) is 14.4 Å². The zero-order chi connectivity index (χ0) is 16.4. The molecule has 6 heteroatoms. The number of amides is 1. The third-order valence-electron chi connectivity index (χ3n) is 3.09. The van der Waals surface area contributed by atoms with Gasteiger partial charge < -0.3 is 15.2 Å². The molecule has 0 heterocycles. The van der Waals surface area contributed by atoms with Crippen molar-refractivity contribution in [3.05, 3.63) is 29.8 Å². The lowest BCUT2D eigenvalue weighted by Crippen LogP contribution is -2.41. The van der Waals surface area contributed by atoms with Crippen LogP contribution in [0, 0.1) is 0 Å². The van der Waals surface area contributed by atoms with Crippen molar-refractivity contribution >= 4 is 18.2 Å². The molecule has 0 aromatic heterocycles. The molecule has 22 heavy (non-hydrogen) atoms. The number of carboxylic acids is 1. The van der Waals surface area contributed by atoms with Gasteiger partial charge in [0.2, 0.25) is 5.91 Å². The number of aldehydes is 1. The summed E-state index contributed by atoms with van der Waals surface area (Å²) in [5, 5.41) is 11.5.